The summed E-state index contributed by atoms with van der Waals surface area (Å²) in [5.41, 5.74) is 2.63. The number of aromatic carboxylic acids is 1. The van der Waals surface area contributed by atoms with Gasteiger partial charge in [0, 0.05) is 0 Å². The maximum absolute atomic E-state index is 10.7. The van der Waals surface area contributed by atoms with Crippen LogP contribution < -0.4 is 0 Å². The van der Waals surface area contributed by atoms with Crippen molar-refractivity contribution in [1.82, 2.24) is 0 Å². The Balaban J connectivity index is 1.39. The molecule has 0 saturated heterocycles. The second-order valence-electron chi connectivity index (χ2n) is 5.95. The van der Waals surface area contributed by atoms with Gasteiger partial charge in [-0.2, -0.15) is 0 Å². The summed E-state index contributed by atoms with van der Waals surface area (Å²) in [6, 6.07) is 7.52. The molecule has 1 aromatic rings. The van der Waals surface area contributed by atoms with E-state index in [1.807, 2.05) is 12.1 Å². The molecule has 0 aromatic heterocycles. The first-order chi connectivity index (χ1) is 7.76. The molecular weight excluding hydrogens is 200 g/mol. The van der Waals surface area contributed by atoms with Gasteiger partial charge in [0.15, 0.2) is 0 Å². The van der Waals surface area contributed by atoms with Crippen LogP contribution in [0.25, 0.3) is 0 Å². The predicted octanol–water partition coefficient (Wildman–Crippen LogP) is 2.36. The third kappa shape index (κ3) is 0.625. The zero-order chi connectivity index (χ0) is 10.7. The van der Waals surface area contributed by atoms with Gasteiger partial charge in [-0.3, -0.25) is 0 Å². The minimum Gasteiger partial charge on any atom is -0.478 e. The summed E-state index contributed by atoms with van der Waals surface area (Å²) in [7, 11) is 0. The summed E-state index contributed by atoms with van der Waals surface area (Å²) in [6.07, 6.45) is 1.51. The van der Waals surface area contributed by atoms with E-state index in [2.05, 4.69) is 0 Å². The molecular formula is C14H12O2. The van der Waals surface area contributed by atoms with Gasteiger partial charge in [-0.1, -0.05) is 12.1 Å². The van der Waals surface area contributed by atoms with Gasteiger partial charge in [-0.05, 0) is 59.1 Å². The Bertz CT molecular complexity index is 510. The van der Waals surface area contributed by atoms with Gasteiger partial charge in [-0.15, -0.1) is 0 Å². The monoisotopic (exact) mass is 212 g/mol. The zero-order valence-electron chi connectivity index (χ0n) is 8.76. The fourth-order valence-electron chi connectivity index (χ4n) is 4.58. The average molecular weight is 212 g/mol. The van der Waals surface area contributed by atoms with Crippen LogP contribution in [0, 0.1) is 29.1 Å². The van der Waals surface area contributed by atoms with Crippen molar-refractivity contribution in [2.45, 2.75) is 12.3 Å². The van der Waals surface area contributed by atoms with Crippen molar-refractivity contribution >= 4 is 5.97 Å². The van der Waals surface area contributed by atoms with Crippen molar-refractivity contribution in [1.29, 1.82) is 0 Å². The molecule has 2 nitrogen and oxygen atoms in total. The minimum absolute atomic E-state index is 0.405. The van der Waals surface area contributed by atoms with Crippen LogP contribution in [0.15, 0.2) is 24.3 Å². The molecule has 16 heavy (non-hydrogen) atoms. The number of rotatable bonds is 2. The largest absolute Gasteiger partial charge is 0.478 e. The van der Waals surface area contributed by atoms with Crippen LogP contribution in [0.3, 0.4) is 0 Å². The SMILES string of the molecule is O=C(O)c1ccc(C2C3C2C32C3CC32)cc1. The van der Waals surface area contributed by atoms with Gasteiger partial charge >= 0.3 is 5.97 Å². The highest BCUT2D eigenvalue weighted by Gasteiger charge is 3.01. The highest BCUT2D eigenvalue weighted by Crippen LogP contribution is 3.06. The van der Waals surface area contributed by atoms with E-state index in [-0.39, 0.29) is 0 Å². The molecule has 0 bridgehead atoms. The summed E-state index contributed by atoms with van der Waals surface area (Å²) in [4.78, 5) is 10.7. The van der Waals surface area contributed by atoms with E-state index in [9.17, 15) is 4.79 Å². The highest BCUT2D eigenvalue weighted by atomic mass is 16.4. The second-order valence-corrected chi connectivity index (χ2v) is 5.95. The molecule has 1 spiro atoms. The van der Waals surface area contributed by atoms with Crippen molar-refractivity contribution < 1.29 is 9.90 Å². The van der Waals surface area contributed by atoms with E-state index in [1.165, 1.54) is 12.0 Å². The van der Waals surface area contributed by atoms with Gasteiger partial charge < -0.3 is 5.11 Å². The number of hydrogen-bond donors (Lipinski definition) is 1. The summed E-state index contributed by atoms with van der Waals surface area (Å²) < 4.78 is 0. The fourth-order valence-corrected chi connectivity index (χ4v) is 4.58. The first kappa shape index (κ1) is 7.88. The average Bonchev–Trinajstić information content (AvgIpc) is 3.09. The van der Waals surface area contributed by atoms with Crippen molar-refractivity contribution in [3.8, 4) is 0 Å². The van der Waals surface area contributed by atoms with E-state index in [1.54, 1.807) is 12.1 Å². The lowest BCUT2D eigenvalue weighted by atomic mass is 9.89. The first-order valence-electron chi connectivity index (χ1n) is 6.09. The van der Waals surface area contributed by atoms with Crippen LogP contribution in [0.1, 0.15) is 28.3 Å². The Kier molecular flexibility index (Phi) is 0.957. The van der Waals surface area contributed by atoms with Gasteiger partial charge in [-0.25, -0.2) is 4.79 Å². The van der Waals surface area contributed by atoms with Crippen LogP contribution in [-0.2, 0) is 0 Å². The topological polar surface area (TPSA) is 37.3 Å². The normalized spacial score (nSPS) is 52.9. The molecule has 5 rings (SSSR count). The second kappa shape index (κ2) is 1.94. The Morgan fingerprint density at radius 2 is 1.81 bits per heavy atom. The molecule has 4 aliphatic carbocycles. The van der Waals surface area contributed by atoms with Crippen molar-refractivity contribution in [2.75, 3.05) is 0 Å². The van der Waals surface area contributed by atoms with Crippen LogP contribution in [0.2, 0.25) is 0 Å². The van der Waals surface area contributed by atoms with Crippen LogP contribution in [-0.4, -0.2) is 11.1 Å². The number of fused-ring (bicyclic) bond motifs is 6. The summed E-state index contributed by atoms with van der Waals surface area (Å²) in [5.74, 6) is 4.19. The lowest BCUT2D eigenvalue weighted by molar-refractivity contribution is 0.0697. The van der Waals surface area contributed by atoms with Gasteiger partial charge in [0.1, 0.15) is 0 Å². The molecule has 4 aliphatic rings. The number of hydrogen-bond acceptors (Lipinski definition) is 1. The molecule has 4 saturated carbocycles. The van der Waals surface area contributed by atoms with E-state index in [0.29, 0.717) is 5.56 Å². The lowest BCUT2D eigenvalue weighted by Crippen LogP contribution is -2.08. The summed E-state index contributed by atoms with van der Waals surface area (Å²) in [6.45, 7) is 0. The van der Waals surface area contributed by atoms with E-state index in [4.69, 9.17) is 5.11 Å². The van der Waals surface area contributed by atoms with Gasteiger partial charge in [0.2, 0.25) is 0 Å². The van der Waals surface area contributed by atoms with E-state index in [0.717, 1.165) is 35.0 Å². The van der Waals surface area contributed by atoms with E-state index >= 15 is 0 Å². The first-order valence-corrected chi connectivity index (χ1v) is 6.09. The van der Waals surface area contributed by atoms with Crippen LogP contribution in [0.4, 0.5) is 0 Å². The quantitative estimate of drug-likeness (QED) is 0.817. The molecule has 1 N–H and O–H groups in total. The number of carbonyl (C=O) groups is 1. The molecule has 1 aromatic carbocycles. The smallest absolute Gasteiger partial charge is 0.335 e. The Morgan fingerprint density at radius 3 is 2.25 bits per heavy atom. The van der Waals surface area contributed by atoms with Gasteiger partial charge in [0.25, 0.3) is 0 Å². The molecule has 80 valence electrons. The maximum Gasteiger partial charge on any atom is 0.335 e. The third-order valence-electron chi connectivity index (χ3n) is 5.57. The van der Waals surface area contributed by atoms with E-state index < -0.39 is 5.97 Å². The number of carboxylic acid groups (broad SMARTS) is 1. The predicted molar refractivity (Wildman–Crippen MR) is 57.2 cm³/mol. The van der Waals surface area contributed by atoms with Gasteiger partial charge in [0.05, 0.1) is 5.56 Å². The number of carboxylic acids is 1. The molecule has 0 radical (unpaired) electrons. The Morgan fingerprint density at radius 1 is 1.19 bits per heavy atom. The summed E-state index contributed by atoms with van der Waals surface area (Å²) >= 11 is 0. The molecule has 0 heterocycles. The van der Waals surface area contributed by atoms with Crippen molar-refractivity contribution in [2.24, 2.45) is 29.1 Å². The molecule has 4 unspecified atom stereocenters. The molecule has 0 aliphatic heterocycles. The van der Waals surface area contributed by atoms with Crippen molar-refractivity contribution in [3.05, 3.63) is 35.4 Å². The lowest BCUT2D eigenvalue weighted by Gasteiger charge is -2.15. The fraction of sp³-hybridized carbons (Fsp3) is 0.500. The molecule has 4 atom stereocenters. The Hall–Kier alpha value is -1.31. The highest BCUT2D eigenvalue weighted by molar-refractivity contribution is 5.87. The third-order valence-corrected chi connectivity index (χ3v) is 5.57. The summed E-state index contributed by atoms with van der Waals surface area (Å²) in [5, 5.41) is 8.82. The standard InChI is InChI=1S/C14H12O2/c15-13(16)7-3-1-6(2-4-7)10-11-12(10)14(11)8-5-9(8)14/h1-4,8-12H,5H2,(H,15,16). The molecule has 2 heteroatoms. The molecule has 4 fully saturated rings. The molecule has 0 amide bonds. The van der Waals surface area contributed by atoms with Crippen LogP contribution in [0.5, 0.6) is 0 Å². The zero-order valence-corrected chi connectivity index (χ0v) is 8.76. The van der Waals surface area contributed by atoms with Crippen LogP contribution >= 0.6 is 0 Å². The maximum atomic E-state index is 10.7. The minimum atomic E-state index is -0.826. The Labute approximate surface area is 93.3 Å². The van der Waals surface area contributed by atoms with Crippen molar-refractivity contribution in [3.63, 3.8) is 0 Å². The number of benzene rings is 1.